The van der Waals surface area contributed by atoms with Gasteiger partial charge in [0.05, 0.1) is 19.2 Å². The Morgan fingerprint density at radius 3 is 2.79 bits per heavy atom. The van der Waals surface area contributed by atoms with E-state index in [0.717, 1.165) is 27.1 Å². The molecule has 1 aromatic heterocycles. The van der Waals surface area contributed by atoms with Crippen LogP contribution < -0.4 is 16.0 Å². The van der Waals surface area contributed by atoms with Crippen molar-refractivity contribution in [2.24, 2.45) is 5.84 Å². The number of hydrogen-bond donors (Lipinski definition) is 2. The van der Waals surface area contributed by atoms with Crippen LogP contribution in [-0.4, -0.2) is 35.9 Å². The summed E-state index contributed by atoms with van der Waals surface area (Å²) < 4.78 is 10.4. The van der Waals surface area contributed by atoms with Gasteiger partial charge < -0.3 is 9.47 Å². The molecule has 0 fully saturated rings. The highest BCUT2D eigenvalue weighted by molar-refractivity contribution is 7.99. The maximum absolute atomic E-state index is 6.08. The molecule has 0 spiro atoms. The molecule has 0 saturated heterocycles. The molecule has 3 rings (SSSR count). The summed E-state index contributed by atoms with van der Waals surface area (Å²) in [5.74, 6) is 7.49. The van der Waals surface area contributed by atoms with Crippen LogP contribution in [0, 0.1) is 0 Å². The van der Waals surface area contributed by atoms with Gasteiger partial charge in [-0.2, -0.15) is 0 Å². The fraction of sp³-hybridized carbons (Fsp3) is 0.200. The van der Waals surface area contributed by atoms with Crippen molar-refractivity contribution in [3.63, 3.8) is 0 Å². The van der Waals surface area contributed by atoms with Gasteiger partial charge >= 0.3 is 0 Å². The van der Waals surface area contributed by atoms with Crippen LogP contribution in [0.4, 0.5) is 5.82 Å². The Morgan fingerprint density at radius 2 is 2.00 bits per heavy atom. The summed E-state index contributed by atoms with van der Waals surface area (Å²) >= 11 is 1.46. The van der Waals surface area contributed by atoms with Gasteiger partial charge in [-0.25, -0.2) is 20.9 Å². The molecule has 0 aliphatic heterocycles. The molecule has 3 N–H and O–H groups in total. The largest absolute Gasteiger partial charge is 0.497 e. The first-order valence-corrected chi connectivity index (χ1v) is 9.46. The van der Waals surface area contributed by atoms with E-state index in [1.807, 2.05) is 55.5 Å². The van der Waals surface area contributed by atoms with E-state index in [4.69, 9.17) is 15.3 Å². The highest BCUT2D eigenvalue weighted by atomic mass is 32.2. The molecular formula is C20H23N5O2S. The summed E-state index contributed by atoms with van der Waals surface area (Å²) in [6, 6.07) is 15.6. The van der Waals surface area contributed by atoms with Crippen molar-refractivity contribution in [2.75, 3.05) is 26.3 Å². The number of ether oxygens (including phenoxy) is 2. The Labute approximate surface area is 168 Å². The fourth-order valence-electron chi connectivity index (χ4n) is 2.61. The van der Waals surface area contributed by atoms with Gasteiger partial charge in [-0.15, -0.1) is 0 Å². The maximum atomic E-state index is 6.08. The average molecular weight is 398 g/mol. The van der Waals surface area contributed by atoms with Crippen LogP contribution in [0.2, 0.25) is 0 Å². The van der Waals surface area contributed by atoms with Crippen LogP contribution in [0.3, 0.4) is 0 Å². The summed E-state index contributed by atoms with van der Waals surface area (Å²) in [6.45, 7) is 2.43. The van der Waals surface area contributed by atoms with Gasteiger partial charge in [-0.1, -0.05) is 18.2 Å². The van der Waals surface area contributed by atoms with Crippen LogP contribution in [0.5, 0.6) is 5.75 Å². The van der Waals surface area contributed by atoms with E-state index in [0.29, 0.717) is 17.6 Å². The molecule has 146 valence electrons. The number of aromatic nitrogens is 2. The molecule has 2 aromatic carbocycles. The van der Waals surface area contributed by atoms with Crippen molar-refractivity contribution in [1.29, 1.82) is 0 Å². The minimum atomic E-state index is 0.497. The Bertz CT molecular complexity index is 980. The molecule has 1 heterocycles. The number of hydrogen-bond acceptors (Lipinski definition) is 8. The van der Waals surface area contributed by atoms with Crippen LogP contribution in [0.1, 0.15) is 6.92 Å². The predicted molar refractivity (Wildman–Crippen MR) is 112 cm³/mol. The summed E-state index contributed by atoms with van der Waals surface area (Å²) in [5, 5.41) is 2.87. The minimum Gasteiger partial charge on any atom is -0.497 e. The van der Waals surface area contributed by atoms with Crippen molar-refractivity contribution in [1.82, 2.24) is 15.1 Å². The lowest BCUT2D eigenvalue weighted by molar-refractivity contribution is 0.224. The van der Waals surface area contributed by atoms with Gasteiger partial charge in [0, 0.05) is 23.6 Å². The third kappa shape index (κ3) is 5.13. The SMILES string of the molecule is COC/C(C)=C/N(N)Nc1nc(Sc2cccc(OC)c2)nc2ccccc12. The lowest BCUT2D eigenvalue weighted by atomic mass is 10.2. The van der Waals surface area contributed by atoms with Gasteiger partial charge in [0.2, 0.25) is 0 Å². The number of hydrazine groups is 2. The molecule has 0 aliphatic rings. The topological polar surface area (TPSA) is 85.5 Å². The van der Waals surface area contributed by atoms with E-state index < -0.39 is 0 Å². The van der Waals surface area contributed by atoms with Crippen LogP contribution in [0.25, 0.3) is 10.9 Å². The number of fused-ring (bicyclic) bond motifs is 1. The summed E-state index contributed by atoms with van der Waals surface area (Å²) in [5.41, 5.74) is 4.92. The lowest BCUT2D eigenvalue weighted by Crippen LogP contribution is -2.32. The van der Waals surface area contributed by atoms with Crippen LogP contribution in [-0.2, 0) is 4.74 Å². The first-order valence-electron chi connectivity index (χ1n) is 8.64. The predicted octanol–water partition coefficient (Wildman–Crippen LogP) is 3.84. The van der Waals surface area contributed by atoms with Crippen molar-refractivity contribution < 1.29 is 9.47 Å². The van der Waals surface area contributed by atoms with Gasteiger partial charge in [-0.3, -0.25) is 5.43 Å². The van der Waals surface area contributed by atoms with Crippen molar-refractivity contribution in [3.05, 3.63) is 60.3 Å². The molecule has 28 heavy (non-hydrogen) atoms. The third-order valence-electron chi connectivity index (χ3n) is 3.80. The molecule has 0 atom stereocenters. The number of anilines is 1. The fourth-order valence-corrected chi connectivity index (χ4v) is 3.43. The zero-order valence-electron chi connectivity index (χ0n) is 16.0. The zero-order chi connectivity index (χ0) is 19.9. The standard InChI is InChI=1S/C20H23N5O2S/c1-14(13-26-2)12-25(21)24-19-17-9-4-5-10-18(17)22-20(23-19)28-16-8-6-7-15(11-16)27-3/h4-12H,13,21H2,1-3H3,(H,22,23,24)/b14-12+. The van der Waals surface area contributed by atoms with Crippen LogP contribution in [0.15, 0.2) is 70.4 Å². The second-order valence-corrected chi connectivity index (χ2v) is 7.12. The number of methoxy groups -OCH3 is 2. The number of nitrogens with two attached hydrogens (primary N) is 1. The molecule has 0 radical (unpaired) electrons. The van der Waals surface area contributed by atoms with Crippen LogP contribution >= 0.6 is 11.8 Å². The van der Waals surface area contributed by atoms with Crippen molar-refractivity contribution >= 4 is 28.5 Å². The summed E-state index contributed by atoms with van der Waals surface area (Å²) in [6.07, 6.45) is 1.76. The van der Waals surface area contributed by atoms with E-state index in [2.05, 4.69) is 15.4 Å². The van der Waals surface area contributed by atoms with Gasteiger partial charge in [-0.05, 0) is 54.6 Å². The molecule has 0 bridgehead atoms. The molecule has 0 amide bonds. The van der Waals surface area contributed by atoms with Crippen molar-refractivity contribution in [3.8, 4) is 5.75 Å². The molecule has 0 saturated carbocycles. The normalized spacial score (nSPS) is 11.5. The molecule has 7 nitrogen and oxygen atoms in total. The average Bonchev–Trinajstić information content (AvgIpc) is 2.68. The monoisotopic (exact) mass is 397 g/mol. The van der Waals surface area contributed by atoms with E-state index in [-0.39, 0.29) is 0 Å². The molecular weight excluding hydrogens is 374 g/mol. The summed E-state index contributed by atoms with van der Waals surface area (Å²) in [7, 11) is 3.29. The number of para-hydroxylation sites is 1. The van der Waals surface area contributed by atoms with Crippen molar-refractivity contribution in [2.45, 2.75) is 17.0 Å². The molecule has 0 unspecified atom stereocenters. The molecule has 8 heteroatoms. The van der Waals surface area contributed by atoms with E-state index in [9.17, 15) is 0 Å². The van der Waals surface area contributed by atoms with Gasteiger partial charge in [0.15, 0.2) is 11.0 Å². The van der Waals surface area contributed by atoms with E-state index >= 15 is 0 Å². The number of benzene rings is 2. The quantitative estimate of drug-likeness (QED) is 0.337. The first kappa shape index (κ1) is 19.9. The minimum absolute atomic E-state index is 0.497. The van der Waals surface area contributed by atoms with Gasteiger partial charge in [0.1, 0.15) is 5.75 Å². The zero-order valence-corrected chi connectivity index (χ0v) is 16.9. The maximum Gasteiger partial charge on any atom is 0.195 e. The lowest BCUT2D eigenvalue weighted by Gasteiger charge is -2.18. The Hall–Kier alpha value is -2.81. The highest BCUT2D eigenvalue weighted by Gasteiger charge is 2.10. The van der Waals surface area contributed by atoms with Gasteiger partial charge in [0.25, 0.3) is 0 Å². The molecule has 0 aliphatic carbocycles. The van der Waals surface area contributed by atoms with E-state index in [1.165, 1.54) is 16.9 Å². The first-order chi connectivity index (χ1) is 13.6. The number of rotatable bonds is 8. The second-order valence-electron chi connectivity index (χ2n) is 6.08. The number of nitrogens with one attached hydrogen (secondary N) is 1. The smallest absolute Gasteiger partial charge is 0.195 e. The molecule has 3 aromatic rings. The number of nitrogens with zero attached hydrogens (tertiary/aromatic N) is 3. The third-order valence-corrected chi connectivity index (χ3v) is 4.65. The summed E-state index contributed by atoms with van der Waals surface area (Å²) in [4.78, 5) is 10.3. The Balaban J connectivity index is 1.91. The second kappa shape index (κ2) is 9.41. The Kier molecular flexibility index (Phi) is 6.70. The Morgan fingerprint density at radius 1 is 1.18 bits per heavy atom. The highest BCUT2D eigenvalue weighted by Crippen LogP contribution is 2.31. The van der Waals surface area contributed by atoms with E-state index in [1.54, 1.807) is 20.4 Å².